The Hall–Kier alpha value is -1.17. The lowest BCUT2D eigenvalue weighted by Crippen LogP contribution is -2.30. The third kappa shape index (κ3) is 3.91. The molecule has 0 saturated carbocycles. The van der Waals surface area contributed by atoms with Crippen LogP contribution in [-0.4, -0.2) is 35.1 Å². The number of nitrogens with zero attached hydrogens (tertiary/aromatic N) is 3. The first-order valence-electron chi connectivity index (χ1n) is 7.13. The van der Waals surface area contributed by atoms with Gasteiger partial charge in [0.2, 0.25) is 0 Å². The summed E-state index contributed by atoms with van der Waals surface area (Å²) >= 11 is 1.82. The highest BCUT2D eigenvalue weighted by molar-refractivity contribution is 7.10. The maximum Gasteiger partial charge on any atom is 0.122 e. The molecule has 1 unspecified atom stereocenters. The van der Waals surface area contributed by atoms with Gasteiger partial charge in [0.05, 0.1) is 12.6 Å². The summed E-state index contributed by atoms with van der Waals surface area (Å²) in [6.07, 6.45) is 5.08. The van der Waals surface area contributed by atoms with Crippen LogP contribution >= 0.6 is 11.3 Å². The van der Waals surface area contributed by atoms with Crippen LogP contribution in [0.5, 0.6) is 0 Å². The summed E-state index contributed by atoms with van der Waals surface area (Å²) in [6, 6.07) is 4.74. The topological polar surface area (TPSA) is 33.1 Å². The molecule has 0 aliphatic carbocycles. The number of aryl methyl sites for hydroxylation is 1. The summed E-state index contributed by atoms with van der Waals surface area (Å²) in [4.78, 5) is 8.09. The standard InChI is InChI=1S/C15H24N4S/c1-4-8-19-9-7-17-15(19)12-16-11-13(18(2)3)14-6-5-10-20-14/h5-7,9-10,13,16H,4,8,11-12H2,1-3H3. The van der Waals surface area contributed by atoms with Gasteiger partial charge in [0, 0.05) is 30.4 Å². The molecule has 2 aromatic rings. The van der Waals surface area contributed by atoms with Crippen LogP contribution in [0.4, 0.5) is 0 Å². The van der Waals surface area contributed by atoms with Gasteiger partial charge in [0.15, 0.2) is 0 Å². The van der Waals surface area contributed by atoms with Gasteiger partial charge in [-0.15, -0.1) is 11.3 Å². The van der Waals surface area contributed by atoms with Crippen molar-refractivity contribution < 1.29 is 0 Å². The number of hydrogen-bond donors (Lipinski definition) is 1. The molecule has 20 heavy (non-hydrogen) atoms. The smallest absolute Gasteiger partial charge is 0.122 e. The summed E-state index contributed by atoms with van der Waals surface area (Å²) in [7, 11) is 4.26. The van der Waals surface area contributed by atoms with Gasteiger partial charge in [-0.1, -0.05) is 13.0 Å². The summed E-state index contributed by atoms with van der Waals surface area (Å²) in [5.41, 5.74) is 0. The Kier molecular flexibility index (Phi) is 5.76. The molecule has 0 radical (unpaired) electrons. The van der Waals surface area contributed by atoms with Crippen LogP contribution < -0.4 is 5.32 Å². The fourth-order valence-electron chi connectivity index (χ4n) is 2.29. The summed E-state index contributed by atoms with van der Waals surface area (Å²) in [5.74, 6) is 1.12. The van der Waals surface area contributed by atoms with Gasteiger partial charge < -0.3 is 14.8 Å². The van der Waals surface area contributed by atoms with Crippen LogP contribution in [0.2, 0.25) is 0 Å². The maximum absolute atomic E-state index is 4.43. The first kappa shape index (κ1) is 15.2. The number of imidazole rings is 1. The third-order valence-electron chi connectivity index (χ3n) is 3.38. The average molecular weight is 292 g/mol. The lowest BCUT2D eigenvalue weighted by molar-refractivity contribution is 0.291. The SMILES string of the molecule is CCCn1ccnc1CNCC(c1cccs1)N(C)C. The second-order valence-corrected chi connectivity index (χ2v) is 6.14. The van der Waals surface area contributed by atoms with E-state index in [0.717, 1.165) is 31.9 Å². The van der Waals surface area contributed by atoms with E-state index in [4.69, 9.17) is 0 Å². The summed E-state index contributed by atoms with van der Waals surface area (Å²) in [5, 5.41) is 5.68. The van der Waals surface area contributed by atoms with Gasteiger partial charge in [0.1, 0.15) is 5.82 Å². The van der Waals surface area contributed by atoms with Gasteiger partial charge in [-0.25, -0.2) is 4.98 Å². The van der Waals surface area contributed by atoms with Crippen molar-refractivity contribution in [3.05, 3.63) is 40.6 Å². The fraction of sp³-hybridized carbons (Fsp3) is 0.533. The van der Waals surface area contributed by atoms with E-state index < -0.39 is 0 Å². The maximum atomic E-state index is 4.43. The van der Waals surface area contributed by atoms with Gasteiger partial charge in [-0.3, -0.25) is 0 Å². The molecule has 1 atom stereocenters. The Bertz CT molecular complexity index is 490. The van der Waals surface area contributed by atoms with Crippen molar-refractivity contribution in [2.24, 2.45) is 0 Å². The molecule has 0 saturated heterocycles. The van der Waals surface area contributed by atoms with E-state index in [1.54, 1.807) is 0 Å². The molecule has 0 spiro atoms. The number of hydrogen-bond acceptors (Lipinski definition) is 4. The van der Waals surface area contributed by atoms with Crippen LogP contribution in [-0.2, 0) is 13.1 Å². The Morgan fingerprint density at radius 3 is 2.95 bits per heavy atom. The van der Waals surface area contributed by atoms with E-state index in [-0.39, 0.29) is 0 Å². The van der Waals surface area contributed by atoms with E-state index in [2.05, 4.69) is 64.5 Å². The van der Waals surface area contributed by atoms with Gasteiger partial charge in [-0.05, 0) is 32.0 Å². The van der Waals surface area contributed by atoms with Crippen molar-refractivity contribution >= 4 is 11.3 Å². The summed E-state index contributed by atoms with van der Waals surface area (Å²) < 4.78 is 2.23. The molecule has 0 aromatic carbocycles. The van der Waals surface area contributed by atoms with E-state index in [1.807, 2.05) is 17.5 Å². The van der Waals surface area contributed by atoms with E-state index in [9.17, 15) is 0 Å². The molecule has 0 aliphatic rings. The minimum Gasteiger partial charge on any atom is -0.334 e. The first-order valence-corrected chi connectivity index (χ1v) is 8.01. The Labute approximate surface area is 125 Å². The van der Waals surface area contributed by atoms with Gasteiger partial charge in [-0.2, -0.15) is 0 Å². The van der Waals surface area contributed by atoms with Crippen molar-refractivity contribution in [3.8, 4) is 0 Å². The van der Waals surface area contributed by atoms with E-state index in [0.29, 0.717) is 6.04 Å². The number of likely N-dealkylation sites (N-methyl/N-ethyl adjacent to an activating group) is 1. The third-order valence-corrected chi connectivity index (χ3v) is 4.36. The second kappa shape index (κ2) is 7.57. The van der Waals surface area contributed by atoms with Crippen molar-refractivity contribution in [1.29, 1.82) is 0 Å². The highest BCUT2D eigenvalue weighted by Gasteiger charge is 2.14. The van der Waals surface area contributed by atoms with Crippen LogP contribution in [0, 0.1) is 0 Å². The quantitative estimate of drug-likeness (QED) is 0.812. The number of aromatic nitrogens is 2. The van der Waals surface area contributed by atoms with Crippen LogP contribution in [0.3, 0.4) is 0 Å². The fourth-order valence-corrected chi connectivity index (χ4v) is 3.21. The normalized spacial score (nSPS) is 13.0. The molecular formula is C15H24N4S. The van der Waals surface area contributed by atoms with Crippen LogP contribution in [0.15, 0.2) is 29.9 Å². The molecule has 5 heteroatoms. The molecule has 4 nitrogen and oxygen atoms in total. The predicted molar refractivity (Wildman–Crippen MR) is 85.0 cm³/mol. The average Bonchev–Trinajstić information content (AvgIpc) is 3.06. The molecule has 0 fully saturated rings. The number of nitrogens with one attached hydrogen (secondary N) is 1. The predicted octanol–water partition coefficient (Wildman–Crippen LogP) is 2.75. The molecule has 0 amide bonds. The molecule has 2 aromatic heterocycles. The molecular weight excluding hydrogens is 268 g/mol. The zero-order valence-electron chi connectivity index (χ0n) is 12.5. The van der Waals surface area contributed by atoms with E-state index >= 15 is 0 Å². The zero-order chi connectivity index (χ0) is 14.4. The highest BCUT2D eigenvalue weighted by atomic mass is 32.1. The zero-order valence-corrected chi connectivity index (χ0v) is 13.4. The monoisotopic (exact) mass is 292 g/mol. The molecule has 2 heterocycles. The Morgan fingerprint density at radius 1 is 1.45 bits per heavy atom. The second-order valence-electron chi connectivity index (χ2n) is 5.16. The summed E-state index contributed by atoms with van der Waals surface area (Å²) in [6.45, 7) is 4.99. The molecule has 1 N–H and O–H groups in total. The molecule has 2 rings (SSSR count). The van der Waals surface area contributed by atoms with Crippen LogP contribution in [0.1, 0.15) is 30.1 Å². The lowest BCUT2D eigenvalue weighted by Gasteiger charge is -2.23. The molecule has 0 aliphatic heterocycles. The van der Waals surface area contributed by atoms with Crippen molar-refractivity contribution in [2.75, 3.05) is 20.6 Å². The lowest BCUT2D eigenvalue weighted by atomic mass is 10.2. The number of thiophene rings is 1. The highest BCUT2D eigenvalue weighted by Crippen LogP contribution is 2.22. The Morgan fingerprint density at radius 2 is 2.30 bits per heavy atom. The minimum absolute atomic E-state index is 0.421. The first-order chi connectivity index (χ1) is 9.72. The Balaban J connectivity index is 1.89. The number of rotatable bonds is 8. The van der Waals surface area contributed by atoms with Crippen molar-refractivity contribution in [2.45, 2.75) is 32.5 Å². The van der Waals surface area contributed by atoms with E-state index in [1.165, 1.54) is 4.88 Å². The van der Waals surface area contributed by atoms with Gasteiger partial charge in [0.25, 0.3) is 0 Å². The van der Waals surface area contributed by atoms with Crippen molar-refractivity contribution in [3.63, 3.8) is 0 Å². The van der Waals surface area contributed by atoms with Crippen molar-refractivity contribution in [1.82, 2.24) is 19.8 Å². The largest absolute Gasteiger partial charge is 0.334 e. The molecule has 110 valence electrons. The van der Waals surface area contributed by atoms with Gasteiger partial charge >= 0.3 is 0 Å². The van der Waals surface area contributed by atoms with Crippen LogP contribution in [0.25, 0.3) is 0 Å². The molecule has 0 bridgehead atoms. The minimum atomic E-state index is 0.421.